The Kier molecular flexibility index (Phi) is 9.65. The van der Waals surface area contributed by atoms with Gasteiger partial charge in [-0.25, -0.2) is 0 Å². The summed E-state index contributed by atoms with van der Waals surface area (Å²) in [5, 5.41) is 8.27. The molecule has 0 aliphatic rings. The molecule has 0 radical (unpaired) electrons. The van der Waals surface area contributed by atoms with E-state index in [4.69, 9.17) is 128 Å². The number of rotatable bonds is 8. The third kappa shape index (κ3) is 4.34. The zero-order valence-electron chi connectivity index (χ0n) is 10.8. The lowest BCUT2D eigenvalue weighted by molar-refractivity contribution is 0.262. The Morgan fingerprint density at radius 2 is 1.18 bits per heavy atom. The Labute approximate surface area is 184 Å². The van der Waals surface area contributed by atoms with Gasteiger partial charge in [-0.05, 0) is 6.42 Å². The van der Waals surface area contributed by atoms with Crippen molar-refractivity contribution in [2.75, 3.05) is 6.61 Å². The van der Waals surface area contributed by atoms with Gasteiger partial charge in [0.2, 0.25) is 0 Å². The minimum Gasteiger partial charge on any atom is -0.393 e. The van der Waals surface area contributed by atoms with Crippen LogP contribution < -0.4 is 0 Å². The molecule has 1 nitrogen and oxygen atoms in total. The normalized spacial score (nSPS) is 16.8. The van der Waals surface area contributed by atoms with Gasteiger partial charge in [-0.15, -0.1) is 11.6 Å². The summed E-state index contributed by atoms with van der Waals surface area (Å²) in [5.41, 5.74) is 0. The standard InChI is InChI=1S/C10H11Cl11O/c1-2-3-5(11)7(14,15)9(18,19)10(20,21)8(16,17)6(12,13)4-22/h5,22H,2-4H2,1H3. The minimum absolute atomic E-state index is 0.337. The molecule has 0 bridgehead atoms. The molecule has 0 rings (SSSR count). The summed E-state index contributed by atoms with van der Waals surface area (Å²) < 4.78 is -11.7. The number of aliphatic hydroxyl groups excluding tert-OH is 1. The van der Waals surface area contributed by atoms with Gasteiger partial charge < -0.3 is 5.11 Å². The first-order valence-electron chi connectivity index (χ1n) is 5.68. The maximum atomic E-state index is 9.23. The van der Waals surface area contributed by atoms with Gasteiger partial charge in [0, 0.05) is 0 Å². The molecule has 0 aromatic carbocycles. The summed E-state index contributed by atoms with van der Waals surface area (Å²) in [5.74, 6) is 0. The molecule has 0 heterocycles. The van der Waals surface area contributed by atoms with E-state index in [9.17, 15) is 5.11 Å². The third-order valence-electron chi connectivity index (χ3n) is 2.80. The Morgan fingerprint density at radius 1 is 0.773 bits per heavy atom. The van der Waals surface area contributed by atoms with Gasteiger partial charge in [0.15, 0.2) is 21.7 Å². The monoisotopic (exact) mass is 532 g/mol. The van der Waals surface area contributed by atoms with Crippen LogP contribution in [0.3, 0.4) is 0 Å². The van der Waals surface area contributed by atoms with Crippen molar-refractivity contribution in [2.45, 2.75) is 46.8 Å². The molecule has 1 unspecified atom stereocenters. The number of halogens is 11. The lowest BCUT2D eigenvalue weighted by atomic mass is 10.0. The lowest BCUT2D eigenvalue weighted by Crippen LogP contribution is -2.65. The second-order valence-electron chi connectivity index (χ2n) is 4.46. The van der Waals surface area contributed by atoms with Crippen molar-refractivity contribution in [1.29, 1.82) is 0 Å². The molecule has 22 heavy (non-hydrogen) atoms. The van der Waals surface area contributed by atoms with Gasteiger partial charge in [0.1, 0.15) is 0 Å². The Bertz CT molecular complexity index is 379. The molecule has 0 aromatic heterocycles. The van der Waals surface area contributed by atoms with Crippen LogP contribution in [-0.2, 0) is 0 Å². The second kappa shape index (κ2) is 8.44. The fourth-order valence-electron chi connectivity index (χ4n) is 1.37. The van der Waals surface area contributed by atoms with E-state index < -0.39 is 33.7 Å². The first kappa shape index (κ1) is 25.1. The Balaban J connectivity index is 5.95. The predicted octanol–water partition coefficient (Wildman–Crippen LogP) is 7.26. The third-order valence-corrected chi connectivity index (χ3v) is 10.5. The summed E-state index contributed by atoms with van der Waals surface area (Å²) >= 11 is 66.9. The van der Waals surface area contributed by atoms with Crippen LogP contribution in [0.5, 0.6) is 0 Å². The van der Waals surface area contributed by atoms with Crippen LogP contribution >= 0.6 is 128 Å². The van der Waals surface area contributed by atoms with Crippen LogP contribution in [0.4, 0.5) is 0 Å². The Hall–Kier alpha value is 3.15. The van der Waals surface area contributed by atoms with E-state index in [0.717, 1.165) is 0 Å². The van der Waals surface area contributed by atoms with Gasteiger partial charge in [-0.1, -0.05) is 129 Å². The summed E-state index contributed by atoms with van der Waals surface area (Å²) in [6.07, 6.45) is 0.958. The molecule has 0 aliphatic heterocycles. The fraction of sp³-hybridized carbons (Fsp3) is 1.00. The SMILES string of the molecule is CCCC(Cl)C(Cl)(Cl)C(Cl)(Cl)C(Cl)(Cl)C(Cl)(Cl)C(Cl)(Cl)CO. The highest BCUT2D eigenvalue weighted by atomic mass is 35.6. The molecule has 12 heteroatoms. The van der Waals surface area contributed by atoms with Crippen LogP contribution in [0.2, 0.25) is 0 Å². The molecule has 0 spiro atoms. The van der Waals surface area contributed by atoms with Crippen LogP contribution in [0.15, 0.2) is 0 Å². The summed E-state index contributed by atoms with van der Waals surface area (Å²) in [6, 6.07) is 0. The molecular formula is C10H11Cl11O. The highest BCUT2D eigenvalue weighted by molar-refractivity contribution is 6.76. The van der Waals surface area contributed by atoms with Gasteiger partial charge in [-0.2, -0.15) is 0 Å². The molecule has 0 fully saturated rings. The van der Waals surface area contributed by atoms with Crippen LogP contribution in [-0.4, -0.2) is 38.8 Å². The Morgan fingerprint density at radius 3 is 1.50 bits per heavy atom. The number of hydrogen-bond donors (Lipinski definition) is 1. The van der Waals surface area contributed by atoms with E-state index in [1.54, 1.807) is 0 Å². The first-order valence-corrected chi connectivity index (χ1v) is 9.90. The number of hydrogen-bond acceptors (Lipinski definition) is 1. The molecule has 0 saturated heterocycles. The van der Waals surface area contributed by atoms with E-state index in [2.05, 4.69) is 0 Å². The quantitative estimate of drug-likeness (QED) is 0.324. The van der Waals surface area contributed by atoms with Gasteiger partial charge >= 0.3 is 0 Å². The lowest BCUT2D eigenvalue weighted by Gasteiger charge is -2.50. The molecule has 1 N–H and O–H groups in total. The molecular weight excluding hydrogens is 526 g/mol. The fourth-order valence-corrected chi connectivity index (χ4v) is 4.80. The zero-order chi connectivity index (χ0) is 18.2. The minimum atomic E-state index is -2.52. The number of aliphatic hydroxyl groups is 1. The number of alkyl halides is 11. The summed E-state index contributed by atoms with van der Waals surface area (Å²) in [6.45, 7) is 0.921. The van der Waals surface area contributed by atoms with Crippen molar-refractivity contribution in [3.05, 3.63) is 0 Å². The van der Waals surface area contributed by atoms with Crippen molar-refractivity contribution in [2.24, 2.45) is 0 Å². The first-order chi connectivity index (χ1) is 9.54. The maximum absolute atomic E-state index is 9.23. The largest absolute Gasteiger partial charge is 0.393 e. The van der Waals surface area contributed by atoms with Crippen molar-refractivity contribution in [3.8, 4) is 0 Å². The van der Waals surface area contributed by atoms with E-state index in [0.29, 0.717) is 12.8 Å². The van der Waals surface area contributed by atoms with Crippen molar-refractivity contribution in [1.82, 2.24) is 0 Å². The van der Waals surface area contributed by atoms with Gasteiger partial charge in [-0.3, -0.25) is 0 Å². The van der Waals surface area contributed by atoms with Crippen molar-refractivity contribution in [3.63, 3.8) is 0 Å². The van der Waals surface area contributed by atoms with Crippen molar-refractivity contribution < 1.29 is 5.11 Å². The molecule has 134 valence electrons. The van der Waals surface area contributed by atoms with E-state index >= 15 is 0 Å². The second-order valence-corrected chi connectivity index (χ2v) is 11.8. The van der Waals surface area contributed by atoms with Crippen LogP contribution in [0.1, 0.15) is 19.8 Å². The van der Waals surface area contributed by atoms with E-state index in [1.807, 2.05) is 6.92 Å². The highest BCUT2D eigenvalue weighted by Gasteiger charge is 2.74. The molecule has 0 amide bonds. The zero-order valence-corrected chi connectivity index (χ0v) is 19.1. The molecule has 0 saturated carbocycles. The van der Waals surface area contributed by atoms with Gasteiger partial charge in [0.05, 0.1) is 12.0 Å². The van der Waals surface area contributed by atoms with E-state index in [-0.39, 0.29) is 0 Å². The average Bonchev–Trinajstić information content (AvgIpc) is 2.37. The van der Waals surface area contributed by atoms with E-state index in [1.165, 1.54) is 0 Å². The molecule has 1 atom stereocenters. The van der Waals surface area contributed by atoms with Crippen LogP contribution in [0, 0.1) is 0 Å². The topological polar surface area (TPSA) is 20.2 Å². The molecule has 0 aliphatic carbocycles. The summed E-state index contributed by atoms with van der Waals surface area (Å²) in [4.78, 5) is 0. The smallest absolute Gasteiger partial charge is 0.189 e. The average molecular weight is 537 g/mol. The molecule has 0 aromatic rings. The summed E-state index contributed by atoms with van der Waals surface area (Å²) in [7, 11) is 0. The highest BCUT2D eigenvalue weighted by Crippen LogP contribution is 2.66. The van der Waals surface area contributed by atoms with Crippen molar-refractivity contribution >= 4 is 128 Å². The van der Waals surface area contributed by atoms with Crippen LogP contribution in [0.25, 0.3) is 0 Å². The van der Waals surface area contributed by atoms with Gasteiger partial charge in [0.25, 0.3) is 0 Å². The maximum Gasteiger partial charge on any atom is 0.189 e. The predicted molar refractivity (Wildman–Crippen MR) is 104 cm³/mol.